The van der Waals surface area contributed by atoms with Crippen LogP contribution < -0.4 is 16.4 Å². The summed E-state index contributed by atoms with van der Waals surface area (Å²) in [6, 6.07) is 12.1. The smallest absolute Gasteiger partial charge is 0.253 e. The summed E-state index contributed by atoms with van der Waals surface area (Å²) >= 11 is 0. The first-order valence-electron chi connectivity index (χ1n) is 15.0. The van der Waals surface area contributed by atoms with Crippen LogP contribution in [0.15, 0.2) is 72.5 Å². The van der Waals surface area contributed by atoms with Crippen molar-refractivity contribution >= 4 is 35.0 Å². The molecular weight excluding hydrogens is 591 g/mol. The maximum atomic E-state index is 14.7. The maximum Gasteiger partial charge on any atom is 0.253 e. The number of nitrogens with two attached hydrogens (primary N) is 1. The van der Waals surface area contributed by atoms with Gasteiger partial charge in [0, 0.05) is 55.7 Å². The van der Waals surface area contributed by atoms with Gasteiger partial charge in [-0.05, 0) is 42.0 Å². The zero-order chi connectivity index (χ0) is 34.0. The quantitative estimate of drug-likeness (QED) is 0.148. The zero-order valence-corrected chi connectivity index (χ0v) is 26.7. The molecule has 1 aliphatic heterocycles. The molecule has 2 aromatic rings. The number of anilines is 1. The number of rotatable bonds is 15. The molecule has 1 heterocycles. The van der Waals surface area contributed by atoms with Gasteiger partial charge in [0.1, 0.15) is 12.4 Å². The SMILES string of the molecule is Cc1ccc(F)c(N/C=C(\C(=N)Cc2ccccc2)[C@H](N(CC[C@H](N)C(=O)NCCN2C(=O)C=CC2=O)C(=O)CO)C(C)(C)C)c1. The lowest BCUT2D eigenvalue weighted by Crippen LogP contribution is -2.53. The normalized spacial score (nSPS) is 14.7. The number of aliphatic hydroxyl groups excluding tert-OH is 1. The number of halogens is 1. The van der Waals surface area contributed by atoms with Gasteiger partial charge in [0.2, 0.25) is 11.8 Å². The molecule has 2 atom stereocenters. The fraction of sp³-hybridized carbons (Fsp3) is 0.382. The Kier molecular flexibility index (Phi) is 12.5. The number of aryl methyl sites for hydroxylation is 1. The number of carbonyl (C=O) groups excluding carboxylic acids is 4. The predicted molar refractivity (Wildman–Crippen MR) is 174 cm³/mol. The lowest BCUT2D eigenvalue weighted by atomic mass is 9.78. The standard InChI is InChI=1S/C34H43FN6O5/c1-22-10-11-25(35)28(18-22)39-20-24(27(37)19-23-8-6-5-7-9-23)32(34(2,3)4)41(31(45)21-42)16-14-26(36)33(46)38-15-17-40-29(43)12-13-30(40)44/h5-13,18,20,26,32,37,39,42H,14-17,19,21,36H2,1-4H3,(H,38,46)/b24-20+,37-27?/t26-,32-/m0/s1. The number of hydrogen-bond acceptors (Lipinski definition) is 8. The summed E-state index contributed by atoms with van der Waals surface area (Å²) in [6.07, 6.45) is 4.07. The Balaban J connectivity index is 1.87. The lowest BCUT2D eigenvalue weighted by Gasteiger charge is -2.42. The van der Waals surface area contributed by atoms with Gasteiger partial charge < -0.3 is 31.8 Å². The number of aliphatic hydroxyl groups is 1. The number of amides is 4. The van der Waals surface area contributed by atoms with E-state index in [9.17, 15) is 28.7 Å². The van der Waals surface area contributed by atoms with Gasteiger partial charge in [0.05, 0.1) is 17.8 Å². The van der Waals surface area contributed by atoms with Crippen molar-refractivity contribution in [2.75, 3.05) is 31.6 Å². The predicted octanol–water partition coefficient (Wildman–Crippen LogP) is 2.69. The van der Waals surface area contributed by atoms with E-state index in [1.54, 1.807) is 12.1 Å². The Morgan fingerprint density at radius 3 is 2.37 bits per heavy atom. The van der Waals surface area contributed by atoms with Crippen molar-refractivity contribution in [2.24, 2.45) is 11.1 Å². The van der Waals surface area contributed by atoms with E-state index >= 15 is 0 Å². The first-order valence-corrected chi connectivity index (χ1v) is 15.0. The molecule has 2 aromatic carbocycles. The van der Waals surface area contributed by atoms with Crippen LogP contribution in [0.4, 0.5) is 10.1 Å². The zero-order valence-electron chi connectivity index (χ0n) is 26.7. The third-order valence-electron chi connectivity index (χ3n) is 7.51. The van der Waals surface area contributed by atoms with Crippen molar-refractivity contribution in [1.29, 1.82) is 5.41 Å². The van der Waals surface area contributed by atoms with Crippen LogP contribution in [-0.2, 0) is 25.6 Å². The molecule has 0 saturated heterocycles. The van der Waals surface area contributed by atoms with E-state index in [0.717, 1.165) is 28.2 Å². The number of carbonyl (C=O) groups is 4. The highest BCUT2D eigenvalue weighted by molar-refractivity contribution is 6.12. The third kappa shape index (κ3) is 9.66. The van der Waals surface area contributed by atoms with Crippen LogP contribution in [0.3, 0.4) is 0 Å². The van der Waals surface area contributed by atoms with Crippen molar-refractivity contribution < 1.29 is 28.7 Å². The molecule has 12 heteroatoms. The summed E-state index contributed by atoms with van der Waals surface area (Å²) in [6.45, 7) is 6.60. The first-order chi connectivity index (χ1) is 21.7. The third-order valence-corrected chi connectivity index (χ3v) is 7.51. The van der Waals surface area contributed by atoms with Crippen LogP contribution >= 0.6 is 0 Å². The largest absolute Gasteiger partial charge is 0.387 e. The van der Waals surface area contributed by atoms with E-state index in [4.69, 9.17) is 11.1 Å². The van der Waals surface area contributed by atoms with E-state index in [1.165, 1.54) is 17.2 Å². The van der Waals surface area contributed by atoms with Gasteiger partial charge >= 0.3 is 0 Å². The number of benzene rings is 2. The van der Waals surface area contributed by atoms with Gasteiger partial charge in [-0.15, -0.1) is 0 Å². The van der Waals surface area contributed by atoms with Crippen LogP contribution in [0.25, 0.3) is 0 Å². The van der Waals surface area contributed by atoms with Gasteiger partial charge in [-0.25, -0.2) is 4.39 Å². The summed E-state index contributed by atoms with van der Waals surface area (Å²) in [5, 5.41) is 24.8. The molecule has 0 spiro atoms. The summed E-state index contributed by atoms with van der Waals surface area (Å²) in [7, 11) is 0. The molecule has 4 amide bonds. The monoisotopic (exact) mass is 634 g/mol. The fourth-order valence-corrected chi connectivity index (χ4v) is 5.21. The molecule has 3 rings (SSSR count). The van der Waals surface area contributed by atoms with E-state index in [1.807, 2.05) is 58.0 Å². The van der Waals surface area contributed by atoms with Crippen LogP contribution in [0.1, 0.15) is 38.3 Å². The topological polar surface area (TPSA) is 169 Å². The molecule has 0 aliphatic carbocycles. The second-order valence-corrected chi connectivity index (χ2v) is 12.2. The minimum absolute atomic E-state index is 0.000316. The molecule has 0 fully saturated rings. The number of nitrogens with one attached hydrogen (secondary N) is 3. The summed E-state index contributed by atoms with van der Waals surface area (Å²) in [4.78, 5) is 52.0. The number of hydrogen-bond donors (Lipinski definition) is 5. The molecule has 11 nitrogen and oxygen atoms in total. The van der Waals surface area contributed by atoms with Crippen LogP contribution in [-0.4, -0.2) is 82.6 Å². The lowest BCUT2D eigenvalue weighted by molar-refractivity contribution is -0.138. The molecule has 6 N–H and O–H groups in total. The summed E-state index contributed by atoms with van der Waals surface area (Å²) in [5.74, 6) is -2.59. The number of imide groups is 1. The molecule has 0 aromatic heterocycles. The molecule has 0 bridgehead atoms. The van der Waals surface area contributed by atoms with Crippen molar-refractivity contribution in [1.82, 2.24) is 15.1 Å². The van der Waals surface area contributed by atoms with Crippen LogP contribution in [0, 0.1) is 23.6 Å². The highest BCUT2D eigenvalue weighted by atomic mass is 19.1. The Morgan fingerprint density at radius 1 is 1.11 bits per heavy atom. The van der Waals surface area contributed by atoms with E-state index in [-0.39, 0.29) is 43.9 Å². The Bertz CT molecular complexity index is 1480. The van der Waals surface area contributed by atoms with Gasteiger partial charge in [-0.3, -0.25) is 24.1 Å². The van der Waals surface area contributed by atoms with Crippen molar-refractivity contribution in [3.8, 4) is 0 Å². The number of nitrogens with zero attached hydrogens (tertiary/aromatic N) is 2. The molecular formula is C34H43FN6O5. The fourth-order valence-electron chi connectivity index (χ4n) is 5.21. The van der Waals surface area contributed by atoms with Crippen molar-refractivity contribution in [3.05, 3.63) is 89.4 Å². The summed E-state index contributed by atoms with van der Waals surface area (Å²) < 4.78 is 14.7. The molecule has 246 valence electrons. The molecule has 1 aliphatic rings. The van der Waals surface area contributed by atoms with Crippen molar-refractivity contribution in [2.45, 2.75) is 52.6 Å². The maximum absolute atomic E-state index is 14.7. The van der Waals surface area contributed by atoms with E-state index < -0.39 is 53.6 Å². The van der Waals surface area contributed by atoms with Crippen molar-refractivity contribution in [3.63, 3.8) is 0 Å². The van der Waals surface area contributed by atoms with E-state index in [2.05, 4.69) is 10.6 Å². The molecule has 0 saturated carbocycles. The van der Waals surface area contributed by atoms with Gasteiger partial charge in [-0.2, -0.15) is 0 Å². The minimum Gasteiger partial charge on any atom is -0.387 e. The molecule has 0 unspecified atom stereocenters. The highest BCUT2D eigenvalue weighted by Gasteiger charge is 2.38. The van der Waals surface area contributed by atoms with Crippen LogP contribution in [0.2, 0.25) is 0 Å². The average Bonchev–Trinajstić information content (AvgIpc) is 3.33. The second kappa shape index (κ2) is 16.1. The Morgan fingerprint density at radius 2 is 1.76 bits per heavy atom. The summed E-state index contributed by atoms with van der Waals surface area (Å²) in [5.41, 5.74) is 7.94. The average molecular weight is 635 g/mol. The molecule has 0 radical (unpaired) electrons. The van der Waals surface area contributed by atoms with Gasteiger partial charge in [0.25, 0.3) is 11.8 Å². The first kappa shape index (κ1) is 35.8. The van der Waals surface area contributed by atoms with Gasteiger partial charge in [-0.1, -0.05) is 57.2 Å². The van der Waals surface area contributed by atoms with Crippen LogP contribution in [0.5, 0.6) is 0 Å². The van der Waals surface area contributed by atoms with E-state index in [0.29, 0.717) is 5.57 Å². The second-order valence-electron chi connectivity index (χ2n) is 12.2. The highest BCUT2D eigenvalue weighted by Crippen LogP contribution is 2.32. The molecule has 46 heavy (non-hydrogen) atoms. The van der Waals surface area contributed by atoms with Gasteiger partial charge in [0.15, 0.2) is 0 Å². The Labute approximate surface area is 268 Å². The minimum atomic E-state index is -1.06. The Hall–Kier alpha value is -4.68.